The van der Waals surface area contributed by atoms with Crippen molar-refractivity contribution in [2.45, 2.75) is 13.8 Å². The van der Waals surface area contributed by atoms with Crippen LogP contribution in [0.3, 0.4) is 0 Å². The first-order valence-electron chi connectivity index (χ1n) is 6.57. The number of nitrogens with zero attached hydrogens (tertiary/aromatic N) is 5. The highest BCUT2D eigenvalue weighted by atomic mass is 35.5. The lowest BCUT2D eigenvalue weighted by Gasteiger charge is -2.05. The molecule has 1 N–H and O–H groups in total. The van der Waals surface area contributed by atoms with Crippen molar-refractivity contribution >= 4 is 34.2 Å². The van der Waals surface area contributed by atoms with Gasteiger partial charge in [0.15, 0.2) is 0 Å². The number of aromatic nitrogens is 5. The zero-order valence-corrected chi connectivity index (χ0v) is 13.0. The summed E-state index contributed by atoms with van der Waals surface area (Å²) >= 11 is 5.92. The van der Waals surface area contributed by atoms with Gasteiger partial charge >= 0.3 is 0 Å². The van der Waals surface area contributed by atoms with Gasteiger partial charge < -0.3 is 5.32 Å². The van der Waals surface area contributed by atoms with Gasteiger partial charge in [-0.25, -0.2) is 4.98 Å². The van der Waals surface area contributed by atoms with Crippen LogP contribution in [0.1, 0.15) is 22.0 Å². The molecule has 22 heavy (non-hydrogen) atoms. The van der Waals surface area contributed by atoms with Gasteiger partial charge in [-0.05, 0) is 32.0 Å². The number of nitrogens with one attached hydrogen (secondary N) is 1. The second-order valence-electron chi connectivity index (χ2n) is 4.89. The first-order valence-corrected chi connectivity index (χ1v) is 6.95. The van der Waals surface area contributed by atoms with Crippen LogP contribution in [0.15, 0.2) is 18.2 Å². The molecule has 0 bridgehead atoms. The molecular weight excluding hydrogens is 304 g/mol. The van der Waals surface area contributed by atoms with Gasteiger partial charge in [0.1, 0.15) is 5.52 Å². The van der Waals surface area contributed by atoms with Gasteiger partial charge in [-0.2, -0.15) is 5.10 Å². The van der Waals surface area contributed by atoms with Crippen LogP contribution in [0.2, 0.25) is 5.02 Å². The first-order chi connectivity index (χ1) is 10.5. The lowest BCUT2D eigenvalue weighted by molar-refractivity contribution is 0.101. The minimum atomic E-state index is -0.437. The molecule has 1 amide bonds. The van der Waals surface area contributed by atoms with E-state index in [0.29, 0.717) is 21.7 Å². The fourth-order valence-corrected chi connectivity index (χ4v) is 2.29. The summed E-state index contributed by atoms with van der Waals surface area (Å²) < 4.78 is 1.70. The molecule has 2 heterocycles. The van der Waals surface area contributed by atoms with E-state index < -0.39 is 5.91 Å². The van der Waals surface area contributed by atoms with Crippen molar-refractivity contribution in [3.63, 3.8) is 0 Å². The monoisotopic (exact) mass is 316 g/mol. The Morgan fingerprint density at radius 2 is 2.00 bits per heavy atom. The molecule has 3 rings (SSSR count). The summed E-state index contributed by atoms with van der Waals surface area (Å²) in [6, 6.07) is 5.04. The van der Waals surface area contributed by atoms with Gasteiger partial charge in [-0.3, -0.25) is 9.48 Å². The van der Waals surface area contributed by atoms with E-state index in [1.54, 1.807) is 22.9 Å². The summed E-state index contributed by atoms with van der Waals surface area (Å²) in [5.74, 6) is -0.453. The van der Waals surface area contributed by atoms with E-state index in [2.05, 4.69) is 25.6 Å². The number of anilines is 1. The minimum absolute atomic E-state index is 0.0163. The zero-order valence-electron chi connectivity index (χ0n) is 12.3. The van der Waals surface area contributed by atoms with Gasteiger partial charge in [-0.1, -0.05) is 11.6 Å². The number of rotatable bonds is 2. The van der Waals surface area contributed by atoms with Gasteiger partial charge in [0.25, 0.3) is 5.91 Å². The molecule has 0 aliphatic heterocycles. The molecule has 3 aromatic rings. The van der Waals surface area contributed by atoms with E-state index in [-0.39, 0.29) is 5.82 Å². The summed E-state index contributed by atoms with van der Waals surface area (Å²) in [6.45, 7) is 3.69. The van der Waals surface area contributed by atoms with Crippen molar-refractivity contribution in [3.8, 4) is 0 Å². The van der Waals surface area contributed by atoms with Crippen molar-refractivity contribution in [1.82, 2.24) is 25.0 Å². The molecule has 8 heteroatoms. The molecule has 1 aromatic carbocycles. The summed E-state index contributed by atoms with van der Waals surface area (Å²) in [4.78, 5) is 16.5. The van der Waals surface area contributed by atoms with Crippen molar-refractivity contribution in [2.75, 3.05) is 5.32 Å². The fourth-order valence-electron chi connectivity index (χ4n) is 2.13. The lowest BCUT2D eigenvalue weighted by Crippen LogP contribution is -2.17. The second kappa shape index (κ2) is 5.34. The predicted octanol–water partition coefficient (Wildman–Crippen LogP) is 2.28. The minimum Gasteiger partial charge on any atom is -0.316 e. The molecule has 0 saturated carbocycles. The van der Waals surface area contributed by atoms with Crippen LogP contribution in [-0.4, -0.2) is 30.9 Å². The van der Waals surface area contributed by atoms with E-state index in [1.807, 2.05) is 20.9 Å². The Bertz CT molecular complexity index is 888. The van der Waals surface area contributed by atoms with Crippen molar-refractivity contribution in [3.05, 3.63) is 40.4 Å². The topological polar surface area (TPSA) is 85.6 Å². The standard InChI is InChI=1S/C14H13ClN6O/c1-7-12(8(2)21(3)20-7)17-14(22)13-16-11-6-9(15)4-5-10(11)18-19-13/h4-6H,1-3H3,(H,17,22). The maximum Gasteiger partial charge on any atom is 0.295 e. The molecular formula is C14H13ClN6O. The van der Waals surface area contributed by atoms with Crippen molar-refractivity contribution in [2.24, 2.45) is 7.05 Å². The molecule has 0 fully saturated rings. The molecule has 0 atom stereocenters. The SMILES string of the molecule is Cc1nn(C)c(C)c1NC(=O)c1nnc2ccc(Cl)cc2n1. The Morgan fingerprint density at radius 1 is 1.23 bits per heavy atom. The number of fused-ring (bicyclic) bond motifs is 1. The fraction of sp³-hybridized carbons (Fsp3) is 0.214. The Hall–Kier alpha value is -2.54. The average Bonchev–Trinajstić information content (AvgIpc) is 2.72. The van der Waals surface area contributed by atoms with Crippen LogP contribution in [0.5, 0.6) is 0 Å². The van der Waals surface area contributed by atoms with Crippen LogP contribution >= 0.6 is 11.6 Å². The Kier molecular flexibility index (Phi) is 3.50. The Labute approximate surface area is 131 Å². The molecule has 2 aromatic heterocycles. The maximum atomic E-state index is 12.3. The van der Waals surface area contributed by atoms with Crippen LogP contribution in [0.25, 0.3) is 11.0 Å². The number of benzene rings is 1. The zero-order chi connectivity index (χ0) is 15.9. The summed E-state index contributed by atoms with van der Waals surface area (Å²) in [5.41, 5.74) is 3.33. The predicted molar refractivity (Wildman–Crippen MR) is 83.0 cm³/mol. The molecule has 0 spiro atoms. The number of halogens is 1. The third-order valence-corrected chi connectivity index (χ3v) is 3.60. The third kappa shape index (κ3) is 2.50. The number of aryl methyl sites for hydroxylation is 2. The lowest BCUT2D eigenvalue weighted by atomic mass is 10.3. The number of hydrogen-bond donors (Lipinski definition) is 1. The molecule has 0 saturated heterocycles. The van der Waals surface area contributed by atoms with E-state index in [1.165, 1.54) is 0 Å². The van der Waals surface area contributed by atoms with E-state index in [9.17, 15) is 4.79 Å². The Morgan fingerprint density at radius 3 is 2.68 bits per heavy atom. The van der Waals surface area contributed by atoms with E-state index in [0.717, 1.165) is 11.4 Å². The van der Waals surface area contributed by atoms with Gasteiger partial charge in [-0.15, -0.1) is 10.2 Å². The number of carbonyl (C=O) groups excluding carboxylic acids is 1. The molecule has 0 radical (unpaired) electrons. The van der Waals surface area contributed by atoms with E-state index >= 15 is 0 Å². The summed E-state index contributed by atoms with van der Waals surface area (Å²) in [7, 11) is 1.81. The second-order valence-corrected chi connectivity index (χ2v) is 5.33. The number of carbonyl (C=O) groups is 1. The normalized spacial score (nSPS) is 10.9. The van der Waals surface area contributed by atoms with Gasteiger partial charge in [0, 0.05) is 12.1 Å². The summed E-state index contributed by atoms with van der Waals surface area (Å²) in [6.07, 6.45) is 0. The molecule has 7 nitrogen and oxygen atoms in total. The largest absolute Gasteiger partial charge is 0.316 e. The average molecular weight is 317 g/mol. The smallest absolute Gasteiger partial charge is 0.295 e. The highest BCUT2D eigenvalue weighted by Crippen LogP contribution is 2.19. The number of amides is 1. The Balaban J connectivity index is 1.95. The highest BCUT2D eigenvalue weighted by Gasteiger charge is 2.16. The quantitative estimate of drug-likeness (QED) is 0.784. The molecule has 112 valence electrons. The summed E-state index contributed by atoms with van der Waals surface area (Å²) in [5, 5.41) is 15.4. The van der Waals surface area contributed by atoms with E-state index in [4.69, 9.17) is 11.6 Å². The van der Waals surface area contributed by atoms with Gasteiger partial charge in [0.2, 0.25) is 5.82 Å². The van der Waals surface area contributed by atoms with Gasteiger partial charge in [0.05, 0.1) is 22.6 Å². The third-order valence-electron chi connectivity index (χ3n) is 3.37. The molecule has 0 unspecified atom stereocenters. The first kappa shape index (κ1) is 14.4. The highest BCUT2D eigenvalue weighted by molar-refractivity contribution is 6.31. The van der Waals surface area contributed by atoms with Crippen LogP contribution in [0.4, 0.5) is 5.69 Å². The van der Waals surface area contributed by atoms with Crippen molar-refractivity contribution < 1.29 is 4.79 Å². The number of hydrogen-bond acceptors (Lipinski definition) is 5. The van der Waals surface area contributed by atoms with Crippen LogP contribution in [0, 0.1) is 13.8 Å². The van der Waals surface area contributed by atoms with Crippen LogP contribution < -0.4 is 5.32 Å². The maximum absolute atomic E-state index is 12.3. The molecule has 0 aliphatic rings. The van der Waals surface area contributed by atoms with Crippen molar-refractivity contribution in [1.29, 1.82) is 0 Å². The van der Waals surface area contributed by atoms with Crippen LogP contribution in [-0.2, 0) is 7.05 Å². The molecule has 0 aliphatic carbocycles.